The maximum Gasteiger partial charge on any atom is 0.336 e. The Labute approximate surface area is 113 Å². The first-order valence-electron chi connectivity index (χ1n) is 7.10. The van der Waals surface area contributed by atoms with Crippen LogP contribution >= 0.6 is 0 Å². The quantitative estimate of drug-likeness (QED) is 0.750. The highest BCUT2D eigenvalue weighted by Crippen LogP contribution is 2.42. The van der Waals surface area contributed by atoms with Crippen molar-refractivity contribution in [3.63, 3.8) is 0 Å². The first kappa shape index (κ1) is 12.7. The molecule has 5 nitrogen and oxygen atoms in total. The number of hydrogen-bond acceptors (Lipinski definition) is 4. The second-order valence-corrected chi connectivity index (χ2v) is 5.59. The Bertz CT molecular complexity index is 450. The molecule has 0 aromatic rings. The van der Waals surface area contributed by atoms with Crippen LogP contribution in [-0.2, 0) is 14.3 Å². The fourth-order valence-electron chi connectivity index (χ4n) is 3.46. The van der Waals surface area contributed by atoms with Crippen LogP contribution in [0.5, 0.6) is 0 Å². The first-order valence-corrected chi connectivity index (χ1v) is 7.10. The Morgan fingerprint density at radius 2 is 2.00 bits per heavy atom. The minimum Gasteiger partial charge on any atom is -0.456 e. The van der Waals surface area contributed by atoms with Gasteiger partial charge in [-0.2, -0.15) is 0 Å². The van der Waals surface area contributed by atoms with Crippen molar-refractivity contribution >= 4 is 11.9 Å². The van der Waals surface area contributed by atoms with E-state index >= 15 is 0 Å². The largest absolute Gasteiger partial charge is 0.456 e. The monoisotopic (exact) mass is 264 g/mol. The summed E-state index contributed by atoms with van der Waals surface area (Å²) in [5.74, 6) is -0.0511. The molecule has 1 spiro atoms. The number of esters is 1. The van der Waals surface area contributed by atoms with E-state index in [4.69, 9.17) is 4.74 Å². The van der Waals surface area contributed by atoms with Crippen LogP contribution in [0.2, 0.25) is 0 Å². The molecule has 1 N–H and O–H groups in total. The molecule has 3 aliphatic rings. The summed E-state index contributed by atoms with van der Waals surface area (Å²) in [5, 5.41) is 3.31. The third kappa shape index (κ3) is 1.87. The number of amides is 1. The molecule has 0 radical (unpaired) electrons. The lowest BCUT2D eigenvalue weighted by molar-refractivity contribution is -0.138. The van der Waals surface area contributed by atoms with Crippen molar-refractivity contribution in [2.24, 2.45) is 5.41 Å². The van der Waals surface area contributed by atoms with Gasteiger partial charge in [0, 0.05) is 6.54 Å². The fourth-order valence-corrected chi connectivity index (χ4v) is 3.46. The number of cyclic esters (lactones) is 1. The number of carbonyl (C=O) groups is 2. The topological polar surface area (TPSA) is 58.6 Å². The third-order valence-electron chi connectivity index (χ3n) is 4.69. The highest BCUT2D eigenvalue weighted by Gasteiger charge is 2.49. The predicted molar refractivity (Wildman–Crippen MR) is 69.1 cm³/mol. The van der Waals surface area contributed by atoms with E-state index in [1.807, 2.05) is 11.8 Å². The molecule has 0 atom stereocenters. The summed E-state index contributed by atoms with van der Waals surface area (Å²) in [6, 6.07) is 0. The average Bonchev–Trinajstić information content (AvgIpc) is 2.93. The summed E-state index contributed by atoms with van der Waals surface area (Å²) in [5.41, 5.74) is 1.30. The van der Waals surface area contributed by atoms with Gasteiger partial charge in [0.25, 0.3) is 0 Å². The van der Waals surface area contributed by atoms with E-state index in [1.165, 1.54) is 0 Å². The molecule has 1 amide bonds. The van der Waals surface area contributed by atoms with E-state index in [9.17, 15) is 9.59 Å². The molecule has 0 unspecified atom stereocenters. The molecule has 19 heavy (non-hydrogen) atoms. The molecular formula is C14H20N2O3. The van der Waals surface area contributed by atoms with Crippen molar-refractivity contribution in [1.29, 1.82) is 0 Å². The highest BCUT2D eigenvalue weighted by molar-refractivity contribution is 5.94. The van der Waals surface area contributed by atoms with E-state index in [0.717, 1.165) is 44.6 Å². The summed E-state index contributed by atoms with van der Waals surface area (Å²) in [6.07, 6.45) is 3.35. The molecule has 3 heterocycles. The Morgan fingerprint density at radius 1 is 1.26 bits per heavy atom. The summed E-state index contributed by atoms with van der Waals surface area (Å²) < 4.78 is 5.09. The Hall–Kier alpha value is -1.36. The number of ether oxygens (including phenoxy) is 1. The van der Waals surface area contributed by atoms with Crippen LogP contribution in [0.4, 0.5) is 0 Å². The van der Waals surface area contributed by atoms with Crippen LogP contribution in [0, 0.1) is 5.41 Å². The van der Waals surface area contributed by atoms with Gasteiger partial charge in [-0.15, -0.1) is 0 Å². The molecule has 2 fully saturated rings. The Balaban J connectivity index is 1.86. The van der Waals surface area contributed by atoms with E-state index in [2.05, 4.69) is 5.32 Å². The maximum absolute atomic E-state index is 12.7. The first-order chi connectivity index (χ1) is 9.18. The Morgan fingerprint density at radius 3 is 2.68 bits per heavy atom. The van der Waals surface area contributed by atoms with Gasteiger partial charge in [0.2, 0.25) is 5.91 Å². The summed E-state index contributed by atoms with van der Waals surface area (Å²) in [6.45, 7) is 4.75. The SMILES string of the molecule is CCC1=C(N2CCC3(CCNCC3)C2=O)COC1=O. The summed E-state index contributed by atoms with van der Waals surface area (Å²) in [7, 11) is 0. The number of nitrogens with zero attached hydrogens (tertiary/aromatic N) is 1. The van der Waals surface area contributed by atoms with Gasteiger partial charge >= 0.3 is 5.97 Å². The molecular weight excluding hydrogens is 244 g/mol. The van der Waals surface area contributed by atoms with Crippen LogP contribution < -0.4 is 5.32 Å². The number of hydrogen-bond donors (Lipinski definition) is 1. The van der Waals surface area contributed by atoms with Crippen LogP contribution in [0.25, 0.3) is 0 Å². The second-order valence-electron chi connectivity index (χ2n) is 5.59. The van der Waals surface area contributed by atoms with E-state index < -0.39 is 0 Å². The normalized spacial score (nSPS) is 26.5. The smallest absolute Gasteiger partial charge is 0.336 e. The zero-order valence-electron chi connectivity index (χ0n) is 11.3. The van der Waals surface area contributed by atoms with Gasteiger partial charge in [-0.1, -0.05) is 6.92 Å². The van der Waals surface area contributed by atoms with Gasteiger partial charge in [0.05, 0.1) is 16.7 Å². The zero-order chi connectivity index (χ0) is 13.5. The van der Waals surface area contributed by atoms with Gasteiger partial charge in [-0.05, 0) is 38.8 Å². The van der Waals surface area contributed by atoms with Crippen molar-refractivity contribution in [2.75, 3.05) is 26.2 Å². The average molecular weight is 264 g/mol. The van der Waals surface area contributed by atoms with E-state index in [1.54, 1.807) is 0 Å². The van der Waals surface area contributed by atoms with Crippen molar-refractivity contribution in [2.45, 2.75) is 32.6 Å². The summed E-state index contributed by atoms with van der Waals surface area (Å²) >= 11 is 0. The van der Waals surface area contributed by atoms with Crippen molar-refractivity contribution in [1.82, 2.24) is 10.2 Å². The lowest BCUT2D eigenvalue weighted by Crippen LogP contribution is -2.42. The third-order valence-corrected chi connectivity index (χ3v) is 4.69. The molecule has 3 rings (SSSR count). The number of rotatable bonds is 2. The van der Waals surface area contributed by atoms with Crippen LogP contribution in [0.3, 0.4) is 0 Å². The minimum absolute atomic E-state index is 0.192. The van der Waals surface area contributed by atoms with Gasteiger partial charge < -0.3 is 15.0 Å². The number of piperidine rings is 1. The molecule has 0 aromatic carbocycles. The molecule has 0 bridgehead atoms. The molecule has 0 saturated carbocycles. The van der Waals surface area contributed by atoms with Gasteiger partial charge in [0.1, 0.15) is 6.61 Å². The minimum atomic E-state index is -0.253. The molecule has 3 aliphatic heterocycles. The van der Waals surface area contributed by atoms with Crippen LogP contribution in [0.1, 0.15) is 32.6 Å². The Kier molecular flexibility index (Phi) is 3.09. The molecule has 0 aliphatic carbocycles. The van der Waals surface area contributed by atoms with Gasteiger partial charge in [-0.3, -0.25) is 4.79 Å². The lowest BCUT2D eigenvalue weighted by Gasteiger charge is -2.32. The lowest BCUT2D eigenvalue weighted by atomic mass is 9.77. The van der Waals surface area contributed by atoms with E-state index in [-0.39, 0.29) is 23.9 Å². The summed E-state index contributed by atoms with van der Waals surface area (Å²) in [4.78, 5) is 26.2. The van der Waals surface area contributed by atoms with Gasteiger partial charge in [-0.25, -0.2) is 4.79 Å². The predicted octanol–water partition coefficient (Wildman–Crippen LogP) is 0.809. The maximum atomic E-state index is 12.7. The van der Waals surface area contributed by atoms with Crippen molar-refractivity contribution in [3.8, 4) is 0 Å². The fraction of sp³-hybridized carbons (Fsp3) is 0.714. The molecule has 0 aromatic heterocycles. The van der Waals surface area contributed by atoms with Crippen LogP contribution in [-0.4, -0.2) is 43.0 Å². The van der Waals surface area contributed by atoms with Crippen molar-refractivity contribution < 1.29 is 14.3 Å². The van der Waals surface area contributed by atoms with Crippen molar-refractivity contribution in [3.05, 3.63) is 11.3 Å². The highest BCUT2D eigenvalue weighted by atomic mass is 16.5. The zero-order valence-corrected chi connectivity index (χ0v) is 11.3. The second kappa shape index (κ2) is 4.63. The number of nitrogens with one attached hydrogen (secondary N) is 1. The van der Waals surface area contributed by atoms with E-state index in [0.29, 0.717) is 12.0 Å². The number of likely N-dealkylation sites (tertiary alicyclic amines) is 1. The van der Waals surface area contributed by atoms with Gasteiger partial charge in [0.15, 0.2) is 0 Å². The molecule has 2 saturated heterocycles. The molecule has 104 valence electrons. The standard InChI is InChI=1S/C14H20N2O3/c1-2-10-11(9-19-12(10)17)16-8-5-14(13(16)18)3-6-15-7-4-14/h15H,2-9H2,1H3. The number of carbonyl (C=O) groups excluding carboxylic acids is 2. The van der Waals surface area contributed by atoms with Crippen LogP contribution in [0.15, 0.2) is 11.3 Å². The molecule has 5 heteroatoms.